The van der Waals surface area contributed by atoms with Gasteiger partial charge in [-0.3, -0.25) is 9.36 Å². The van der Waals surface area contributed by atoms with Gasteiger partial charge >= 0.3 is 6.36 Å². The summed E-state index contributed by atoms with van der Waals surface area (Å²) in [5.41, 5.74) is 3.83. The highest BCUT2D eigenvalue weighted by Gasteiger charge is 2.31. The number of aryl methyl sites for hydroxylation is 1. The molecule has 0 saturated carbocycles. The first-order chi connectivity index (χ1) is 14.7. The van der Waals surface area contributed by atoms with E-state index in [0.29, 0.717) is 18.2 Å². The topological polar surface area (TPSA) is 40.5 Å². The third-order valence-electron chi connectivity index (χ3n) is 5.42. The first-order valence-electron chi connectivity index (χ1n) is 10.1. The van der Waals surface area contributed by atoms with Crippen molar-refractivity contribution < 1.29 is 22.6 Å². The van der Waals surface area contributed by atoms with Crippen LogP contribution in [0.1, 0.15) is 24.5 Å². The fourth-order valence-electron chi connectivity index (χ4n) is 3.89. The second-order valence-corrected chi connectivity index (χ2v) is 7.86. The van der Waals surface area contributed by atoms with E-state index in [1.165, 1.54) is 34.9 Å². The highest BCUT2D eigenvalue weighted by atomic mass is 19.4. The van der Waals surface area contributed by atoms with Crippen LogP contribution in [0.3, 0.4) is 0 Å². The summed E-state index contributed by atoms with van der Waals surface area (Å²) in [6.07, 6.45) is -1.16. The van der Waals surface area contributed by atoms with Gasteiger partial charge < -0.3 is 9.47 Å². The Bertz CT molecular complexity index is 1150. The Labute approximate surface area is 177 Å². The van der Waals surface area contributed by atoms with Gasteiger partial charge in [0.25, 0.3) is 5.56 Å². The van der Waals surface area contributed by atoms with Crippen molar-refractivity contribution in [3.8, 4) is 28.3 Å². The number of ether oxygens (including phenoxy) is 2. The number of aromatic nitrogens is 1. The van der Waals surface area contributed by atoms with Gasteiger partial charge in [-0.25, -0.2) is 0 Å². The highest BCUT2D eigenvalue weighted by Crippen LogP contribution is 2.38. The quantitative estimate of drug-likeness (QED) is 0.538. The Kier molecular flexibility index (Phi) is 5.52. The van der Waals surface area contributed by atoms with E-state index in [-0.39, 0.29) is 11.3 Å². The number of para-hydroxylation sites is 1. The lowest BCUT2D eigenvalue weighted by Gasteiger charge is -2.17. The van der Waals surface area contributed by atoms with Crippen LogP contribution in [0.25, 0.3) is 16.8 Å². The van der Waals surface area contributed by atoms with Gasteiger partial charge in [0.2, 0.25) is 0 Å². The maximum atomic E-state index is 12.6. The summed E-state index contributed by atoms with van der Waals surface area (Å²) in [6.45, 7) is 4.69. The molecular formula is C24H22F3NO3. The minimum Gasteiger partial charge on any atom is -0.493 e. The molecule has 31 heavy (non-hydrogen) atoms. The molecule has 3 aromatic rings. The Morgan fingerprint density at radius 2 is 1.84 bits per heavy atom. The van der Waals surface area contributed by atoms with Crippen LogP contribution in [0.5, 0.6) is 11.5 Å². The van der Waals surface area contributed by atoms with Crippen LogP contribution in [0.4, 0.5) is 13.2 Å². The zero-order valence-corrected chi connectivity index (χ0v) is 17.2. The van der Waals surface area contributed by atoms with Gasteiger partial charge in [-0.15, -0.1) is 13.2 Å². The number of hydrogen-bond donors (Lipinski definition) is 0. The number of hydrogen-bond acceptors (Lipinski definition) is 3. The number of fused-ring (bicyclic) bond motifs is 1. The minimum absolute atomic E-state index is 0.276. The van der Waals surface area contributed by atoms with Crippen molar-refractivity contribution in [2.75, 3.05) is 6.61 Å². The van der Waals surface area contributed by atoms with Crippen LogP contribution in [-0.4, -0.2) is 17.5 Å². The molecular weight excluding hydrogens is 407 g/mol. The zero-order valence-electron chi connectivity index (χ0n) is 17.2. The molecule has 4 nitrogen and oxygen atoms in total. The van der Waals surface area contributed by atoms with Crippen molar-refractivity contribution >= 4 is 0 Å². The van der Waals surface area contributed by atoms with Crippen molar-refractivity contribution in [2.45, 2.75) is 33.1 Å². The van der Waals surface area contributed by atoms with E-state index in [1.54, 1.807) is 6.20 Å². The van der Waals surface area contributed by atoms with E-state index in [9.17, 15) is 18.0 Å². The maximum Gasteiger partial charge on any atom is 0.573 e. The van der Waals surface area contributed by atoms with Gasteiger partial charge in [-0.2, -0.15) is 0 Å². The van der Waals surface area contributed by atoms with Crippen molar-refractivity contribution in [1.82, 2.24) is 4.57 Å². The average Bonchev–Trinajstić information content (AvgIpc) is 2.88. The molecule has 1 aliphatic rings. The number of halogens is 3. The molecule has 0 fully saturated rings. The lowest BCUT2D eigenvalue weighted by atomic mass is 9.94. The van der Waals surface area contributed by atoms with Crippen LogP contribution in [0, 0.1) is 12.8 Å². The molecule has 2 heterocycles. The lowest BCUT2D eigenvalue weighted by Crippen LogP contribution is -2.19. The maximum absolute atomic E-state index is 12.6. The lowest BCUT2D eigenvalue weighted by molar-refractivity contribution is -0.274. The number of pyridine rings is 1. The monoisotopic (exact) mass is 429 g/mol. The van der Waals surface area contributed by atoms with E-state index in [0.717, 1.165) is 40.8 Å². The molecule has 0 aliphatic carbocycles. The second-order valence-electron chi connectivity index (χ2n) is 7.86. The molecule has 1 atom stereocenters. The first kappa shape index (κ1) is 21.0. The van der Waals surface area contributed by atoms with E-state index >= 15 is 0 Å². The fraction of sp³-hybridized carbons (Fsp3) is 0.292. The molecule has 7 heteroatoms. The average molecular weight is 429 g/mol. The summed E-state index contributed by atoms with van der Waals surface area (Å²) in [7, 11) is 0. The Hall–Kier alpha value is -3.22. The molecule has 0 amide bonds. The summed E-state index contributed by atoms with van der Waals surface area (Å²) in [4.78, 5) is 12.6. The molecule has 2 aromatic carbocycles. The summed E-state index contributed by atoms with van der Waals surface area (Å²) in [5.74, 6) is 1.01. The number of benzene rings is 2. The summed E-state index contributed by atoms with van der Waals surface area (Å²) >= 11 is 0. The Morgan fingerprint density at radius 3 is 2.55 bits per heavy atom. The largest absolute Gasteiger partial charge is 0.573 e. The Balaban J connectivity index is 1.77. The molecule has 0 bridgehead atoms. The zero-order chi connectivity index (χ0) is 22.2. The van der Waals surface area contributed by atoms with Crippen molar-refractivity contribution in [3.05, 3.63) is 76.2 Å². The predicted octanol–water partition coefficient (Wildman–Crippen LogP) is 5.67. The van der Waals surface area contributed by atoms with Crippen LogP contribution in [0.15, 0.2) is 59.5 Å². The molecule has 0 N–H and O–H groups in total. The second kappa shape index (κ2) is 8.13. The SMILES string of the molecule is Cc1cc(=O)n(-c2ccc(OC(F)(F)F)cc2)cc1-c1cccc2c1OCCC(C)C2. The molecule has 0 spiro atoms. The third-order valence-corrected chi connectivity index (χ3v) is 5.42. The van der Waals surface area contributed by atoms with Gasteiger partial charge in [-0.05, 0) is 61.1 Å². The first-order valence-corrected chi connectivity index (χ1v) is 10.1. The predicted molar refractivity (Wildman–Crippen MR) is 112 cm³/mol. The number of rotatable bonds is 3. The highest BCUT2D eigenvalue weighted by molar-refractivity contribution is 5.74. The van der Waals surface area contributed by atoms with Gasteiger partial charge in [0.1, 0.15) is 11.5 Å². The van der Waals surface area contributed by atoms with Crippen LogP contribution < -0.4 is 15.0 Å². The van der Waals surface area contributed by atoms with Crippen LogP contribution >= 0.6 is 0 Å². The van der Waals surface area contributed by atoms with E-state index < -0.39 is 6.36 Å². The third kappa shape index (κ3) is 4.60. The van der Waals surface area contributed by atoms with Crippen molar-refractivity contribution in [1.29, 1.82) is 0 Å². The fourth-order valence-corrected chi connectivity index (χ4v) is 3.89. The number of alkyl halides is 3. The van der Waals surface area contributed by atoms with Crippen LogP contribution in [0.2, 0.25) is 0 Å². The summed E-state index contributed by atoms with van der Waals surface area (Å²) < 4.78 is 48.7. The normalized spacial score (nSPS) is 16.2. The minimum atomic E-state index is -4.77. The van der Waals surface area contributed by atoms with Crippen molar-refractivity contribution in [3.63, 3.8) is 0 Å². The summed E-state index contributed by atoms with van der Waals surface area (Å²) in [6, 6.07) is 12.7. The molecule has 1 aromatic heterocycles. The van der Waals surface area contributed by atoms with Crippen LogP contribution in [-0.2, 0) is 6.42 Å². The number of nitrogens with zero attached hydrogens (tertiary/aromatic N) is 1. The standard InChI is InChI=1S/C24H22F3NO3/c1-15-10-11-30-23-17(12-15)4-3-5-20(23)21-14-28(22(29)13-16(21)2)18-6-8-19(9-7-18)31-24(25,26)27/h3-9,13-15H,10-12H2,1-2H3. The molecule has 162 valence electrons. The molecule has 1 unspecified atom stereocenters. The molecule has 0 saturated heterocycles. The van der Waals surface area contributed by atoms with Gasteiger partial charge in [0.15, 0.2) is 0 Å². The van der Waals surface area contributed by atoms with E-state index in [4.69, 9.17) is 4.74 Å². The Morgan fingerprint density at radius 1 is 1.10 bits per heavy atom. The van der Waals surface area contributed by atoms with Gasteiger partial charge in [0.05, 0.1) is 6.61 Å². The van der Waals surface area contributed by atoms with E-state index in [2.05, 4.69) is 17.7 Å². The molecule has 4 rings (SSSR count). The molecule has 1 aliphatic heterocycles. The van der Waals surface area contributed by atoms with Crippen molar-refractivity contribution in [2.24, 2.45) is 5.92 Å². The van der Waals surface area contributed by atoms with Gasteiger partial charge in [0, 0.05) is 29.1 Å². The smallest absolute Gasteiger partial charge is 0.493 e. The van der Waals surface area contributed by atoms with Gasteiger partial charge in [-0.1, -0.05) is 25.1 Å². The summed E-state index contributed by atoms with van der Waals surface area (Å²) in [5, 5.41) is 0. The molecule has 0 radical (unpaired) electrons. The van der Waals surface area contributed by atoms with E-state index in [1.807, 2.05) is 19.1 Å².